The first-order valence-corrected chi connectivity index (χ1v) is 21.8. The molecule has 0 unspecified atom stereocenters. The molecule has 1 spiro atoms. The van der Waals surface area contributed by atoms with Crippen molar-refractivity contribution in [2.75, 3.05) is 4.90 Å². The predicted octanol–water partition coefficient (Wildman–Crippen LogP) is 16.4. The van der Waals surface area contributed by atoms with Crippen LogP contribution in [0.15, 0.2) is 229 Å². The lowest BCUT2D eigenvalue weighted by atomic mass is 9.70. The molecule has 1 aromatic heterocycles. The van der Waals surface area contributed by atoms with Crippen molar-refractivity contribution in [1.29, 1.82) is 0 Å². The average Bonchev–Trinajstić information content (AvgIpc) is 3.97. The van der Waals surface area contributed by atoms with E-state index in [1.165, 1.54) is 89.0 Å². The maximum Gasteiger partial charge on any atom is 0.137 e. The second-order valence-electron chi connectivity index (χ2n) is 17.1. The molecule has 3 aliphatic carbocycles. The van der Waals surface area contributed by atoms with Gasteiger partial charge in [-0.15, -0.1) is 0 Å². The van der Waals surface area contributed by atoms with Crippen LogP contribution in [0.5, 0.6) is 0 Å². The molecule has 63 heavy (non-hydrogen) atoms. The molecule has 2 nitrogen and oxygen atoms in total. The van der Waals surface area contributed by atoms with E-state index >= 15 is 0 Å². The molecule has 0 aliphatic heterocycles. The zero-order valence-electron chi connectivity index (χ0n) is 34.2. The molecule has 1 heterocycles. The molecule has 0 radical (unpaired) electrons. The summed E-state index contributed by atoms with van der Waals surface area (Å²) in [5.41, 5.74) is 24.8. The maximum absolute atomic E-state index is 6.60. The molecule has 292 valence electrons. The van der Waals surface area contributed by atoms with E-state index in [-0.39, 0.29) is 0 Å². The van der Waals surface area contributed by atoms with E-state index in [1.807, 2.05) is 6.07 Å². The van der Waals surface area contributed by atoms with E-state index in [2.05, 4.69) is 223 Å². The molecule has 0 amide bonds. The number of furan rings is 1. The summed E-state index contributed by atoms with van der Waals surface area (Å²) >= 11 is 0. The Morgan fingerprint density at radius 2 is 0.619 bits per heavy atom. The first-order valence-electron chi connectivity index (χ1n) is 21.8. The van der Waals surface area contributed by atoms with E-state index in [0.717, 1.165) is 39.0 Å². The van der Waals surface area contributed by atoms with Crippen molar-refractivity contribution in [2.45, 2.75) is 5.41 Å². The lowest BCUT2D eigenvalue weighted by Gasteiger charge is -2.32. The molecule has 0 saturated heterocycles. The van der Waals surface area contributed by atoms with Crippen molar-refractivity contribution >= 4 is 39.0 Å². The fourth-order valence-electron chi connectivity index (χ4n) is 11.5. The van der Waals surface area contributed by atoms with Gasteiger partial charge in [-0.2, -0.15) is 0 Å². The molecule has 10 aromatic carbocycles. The van der Waals surface area contributed by atoms with Gasteiger partial charge in [0.2, 0.25) is 0 Å². The van der Waals surface area contributed by atoms with Crippen molar-refractivity contribution in [3.63, 3.8) is 0 Å². The van der Waals surface area contributed by atoms with Gasteiger partial charge in [-0.1, -0.05) is 176 Å². The van der Waals surface area contributed by atoms with E-state index in [4.69, 9.17) is 4.42 Å². The highest BCUT2D eigenvalue weighted by molar-refractivity contribution is 6.07. The summed E-state index contributed by atoms with van der Waals surface area (Å²) in [6.07, 6.45) is 0. The minimum Gasteiger partial charge on any atom is -0.456 e. The Morgan fingerprint density at radius 1 is 0.254 bits per heavy atom. The van der Waals surface area contributed by atoms with Gasteiger partial charge >= 0.3 is 0 Å². The smallest absolute Gasteiger partial charge is 0.137 e. The second-order valence-corrected chi connectivity index (χ2v) is 17.1. The Kier molecular flexibility index (Phi) is 7.07. The van der Waals surface area contributed by atoms with Crippen LogP contribution in [0, 0.1) is 0 Å². The van der Waals surface area contributed by atoms with Crippen LogP contribution in [0.2, 0.25) is 0 Å². The number of benzene rings is 10. The molecule has 3 aliphatic rings. The summed E-state index contributed by atoms with van der Waals surface area (Å²) in [4.78, 5) is 2.44. The van der Waals surface area contributed by atoms with Gasteiger partial charge in [0.1, 0.15) is 11.2 Å². The fraction of sp³-hybridized carbons (Fsp3) is 0.0164. The molecule has 0 saturated carbocycles. The van der Waals surface area contributed by atoms with E-state index in [1.54, 1.807) is 0 Å². The number of anilines is 3. The van der Waals surface area contributed by atoms with Crippen molar-refractivity contribution in [3.8, 4) is 66.8 Å². The molecular formula is C61H37NO. The normalized spacial score (nSPS) is 13.2. The Labute approximate surface area is 365 Å². The van der Waals surface area contributed by atoms with Crippen LogP contribution in [0.1, 0.15) is 22.3 Å². The molecular weight excluding hydrogens is 763 g/mol. The van der Waals surface area contributed by atoms with Gasteiger partial charge in [0.15, 0.2) is 0 Å². The summed E-state index contributed by atoms with van der Waals surface area (Å²) in [7, 11) is 0. The molecule has 11 aromatic rings. The highest BCUT2D eigenvalue weighted by Gasteiger charge is 2.51. The van der Waals surface area contributed by atoms with E-state index in [9.17, 15) is 0 Å². The van der Waals surface area contributed by atoms with Gasteiger partial charge in [0, 0.05) is 33.9 Å². The molecule has 0 bridgehead atoms. The summed E-state index contributed by atoms with van der Waals surface area (Å²) in [6, 6.07) is 83.0. The number of para-hydroxylation sites is 1. The molecule has 2 heteroatoms. The quantitative estimate of drug-likeness (QED) is 0.177. The minimum atomic E-state index is -0.467. The lowest BCUT2D eigenvalue weighted by molar-refractivity contribution is 0.669. The highest BCUT2D eigenvalue weighted by atomic mass is 16.3. The van der Waals surface area contributed by atoms with Gasteiger partial charge in [0.05, 0.1) is 5.41 Å². The minimum absolute atomic E-state index is 0.467. The van der Waals surface area contributed by atoms with Crippen LogP contribution in [0.3, 0.4) is 0 Å². The third-order valence-corrected chi connectivity index (χ3v) is 14.1. The van der Waals surface area contributed by atoms with Crippen molar-refractivity contribution in [1.82, 2.24) is 0 Å². The zero-order valence-corrected chi connectivity index (χ0v) is 34.2. The summed E-state index contributed by atoms with van der Waals surface area (Å²) in [5.74, 6) is 0. The fourth-order valence-corrected chi connectivity index (χ4v) is 11.5. The van der Waals surface area contributed by atoms with Crippen LogP contribution >= 0.6 is 0 Å². The van der Waals surface area contributed by atoms with Gasteiger partial charge in [-0.3, -0.25) is 0 Å². The molecule has 0 fully saturated rings. The number of fused-ring (bicyclic) bond motifs is 21. The van der Waals surface area contributed by atoms with E-state index in [0.29, 0.717) is 0 Å². The molecule has 0 atom stereocenters. The predicted molar refractivity (Wildman–Crippen MR) is 260 cm³/mol. The van der Waals surface area contributed by atoms with Crippen molar-refractivity contribution < 1.29 is 4.42 Å². The number of hydrogen-bond donors (Lipinski definition) is 0. The van der Waals surface area contributed by atoms with Gasteiger partial charge < -0.3 is 9.32 Å². The summed E-state index contributed by atoms with van der Waals surface area (Å²) < 4.78 is 6.60. The highest BCUT2D eigenvalue weighted by Crippen LogP contribution is 2.63. The van der Waals surface area contributed by atoms with Crippen molar-refractivity contribution in [2.24, 2.45) is 0 Å². The maximum atomic E-state index is 6.60. The van der Waals surface area contributed by atoms with Crippen LogP contribution in [0.25, 0.3) is 88.7 Å². The van der Waals surface area contributed by atoms with E-state index < -0.39 is 5.41 Å². The van der Waals surface area contributed by atoms with Crippen LogP contribution in [0.4, 0.5) is 17.1 Å². The third kappa shape index (κ3) is 4.67. The topological polar surface area (TPSA) is 16.4 Å². The largest absolute Gasteiger partial charge is 0.456 e. The lowest BCUT2D eigenvalue weighted by Crippen LogP contribution is -2.26. The summed E-state index contributed by atoms with van der Waals surface area (Å²) in [6.45, 7) is 0. The number of rotatable bonds is 3. The third-order valence-electron chi connectivity index (χ3n) is 14.1. The first kappa shape index (κ1) is 34.5. The average molecular weight is 800 g/mol. The van der Waals surface area contributed by atoms with Crippen LogP contribution in [-0.4, -0.2) is 0 Å². The van der Waals surface area contributed by atoms with Crippen LogP contribution < -0.4 is 4.90 Å². The molecule has 0 N–H and O–H groups in total. The zero-order chi connectivity index (χ0) is 41.2. The monoisotopic (exact) mass is 799 g/mol. The number of nitrogens with zero attached hydrogens (tertiary/aromatic N) is 1. The first-order chi connectivity index (χ1) is 31.3. The Morgan fingerprint density at radius 3 is 1.17 bits per heavy atom. The standard InChI is InChI=1S/C61H37NO/c1-2-16-42-41(15-1)43-17-3-4-19-45(43)47-32-29-38(35-54(47)46-20-6-5-18-44(42)46)62(40-31-34-53-52-24-10-14-28-59(52)63-60(53)37-40)39-30-33-51-50-23-9-13-27-57(50)61(58(51)36-39)55-25-11-7-21-48(55)49-22-8-12-26-56(49)61/h1-37H. The Balaban J connectivity index is 1.05. The van der Waals surface area contributed by atoms with Crippen molar-refractivity contribution in [3.05, 3.63) is 247 Å². The van der Waals surface area contributed by atoms with Gasteiger partial charge in [-0.05, 0) is 131 Å². The van der Waals surface area contributed by atoms with Gasteiger partial charge in [-0.25, -0.2) is 0 Å². The van der Waals surface area contributed by atoms with Gasteiger partial charge in [0.25, 0.3) is 0 Å². The Bertz CT molecular complexity index is 3650. The SMILES string of the molecule is c1ccc2c(c1)-c1ccccc1-c1ccc(N(c3ccc4c(c3)C3(c5ccccc5-c5ccccc53)c3ccccc3-4)c3ccc4c(c3)oc3ccccc34)cc1-c1ccccc1-2. The van der Waals surface area contributed by atoms with Crippen LogP contribution in [-0.2, 0) is 5.41 Å². The summed E-state index contributed by atoms with van der Waals surface area (Å²) in [5, 5.41) is 2.23. The Hall–Kier alpha value is -8.20. The second kappa shape index (κ2) is 12.9. The molecule has 14 rings (SSSR count). The number of hydrogen-bond acceptors (Lipinski definition) is 2.